The minimum absolute atomic E-state index is 0.0507. The Bertz CT molecular complexity index is 203. The first-order valence-electron chi connectivity index (χ1n) is 5.06. The summed E-state index contributed by atoms with van der Waals surface area (Å²) in [4.78, 5) is 13.0. The summed E-state index contributed by atoms with van der Waals surface area (Å²) in [7, 11) is 0. The van der Waals surface area contributed by atoms with Crippen molar-refractivity contribution >= 4 is 6.03 Å². The molecule has 2 aliphatic rings. The Labute approximate surface area is 78.5 Å². The van der Waals surface area contributed by atoms with Crippen molar-refractivity contribution < 1.29 is 4.79 Å². The van der Waals surface area contributed by atoms with E-state index >= 15 is 0 Å². The van der Waals surface area contributed by atoms with Gasteiger partial charge in [0.1, 0.15) is 0 Å². The molecule has 4 heteroatoms. The molecule has 0 radical (unpaired) electrons. The maximum atomic E-state index is 11.2. The fraction of sp³-hybridized carbons (Fsp3) is 0.889. The van der Waals surface area contributed by atoms with Crippen LogP contribution in [0.5, 0.6) is 0 Å². The number of amides is 2. The van der Waals surface area contributed by atoms with E-state index in [0.29, 0.717) is 5.92 Å². The van der Waals surface area contributed by atoms with Gasteiger partial charge in [0.15, 0.2) is 0 Å². The minimum atomic E-state index is 0.0507. The van der Waals surface area contributed by atoms with Crippen LogP contribution in [-0.2, 0) is 0 Å². The molecule has 0 aromatic rings. The second-order valence-electron chi connectivity index (χ2n) is 4.03. The van der Waals surface area contributed by atoms with E-state index in [1.54, 1.807) is 0 Å². The first-order valence-corrected chi connectivity index (χ1v) is 5.06. The van der Waals surface area contributed by atoms with E-state index in [9.17, 15) is 4.79 Å². The van der Waals surface area contributed by atoms with Gasteiger partial charge in [-0.1, -0.05) is 6.42 Å². The van der Waals surface area contributed by atoms with E-state index < -0.39 is 0 Å². The van der Waals surface area contributed by atoms with Gasteiger partial charge in [0.05, 0.1) is 0 Å². The predicted molar refractivity (Wildman–Crippen MR) is 50.3 cm³/mol. The molecule has 2 rings (SSSR count). The average molecular weight is 183 g/mol. The monoisotopic (exact) mass is 183 g/mol. The Morgan fingerprint density at radius 3 is 2.85 bits per heavy atom. The number of hydrogen-bond acceptors (Lipinski definition) is 2. The topological polar surface area (TPSA) is 58.4 Å². The molecule has 0 aromatic carbocycles. The van der Waals surface area contributed by atoms with Gasteiger partial charge in [-0.2, -0.15) is 0 Å². The van der Waals surface area contributed by atoms with Crippen LogP contribution in [0.1, 0.15) is 19.3 Å². The van der Waals surface area contributed by atoms with Crippen molar-refractivity contribution in [3.63, 3.8) is 0 Å². The van der Waals surface area contributed by atoms with Crippen LogP contribution in [0.4, 0.5) is 4.79 Å². The minimum Gasteiger partial charge on any atom is -0.336 e. The summed E-state index contributed by atoms with van der Waals surface area (Å²) in [6, 6.07) is 0.243. The molecule has 4 nitrogen and oxygen atoms in total. The number of rotatable bonds is 3. The zero-order valence-corrected chi connectivity index (χ0v) is 7.83. The van der Waals surface area contributed by atoms with Crippen LogP contribution >= 0.6 is 0 Å². The molecular formula is C9H17N3O. The Kier molecular flexibility index (Phi) is 2.40. The summed E-state index contributed by atoms with van der Waals surface area (Å²) in [6.45, 7) is 2.33. The quantitative estimate of drug-likeness (QED) is 0.654. The van der Waals surface area contributed by atoms with Crippen LogP contribution in [-0.4, -0.2) is 36.6 Å². The van der Waals surface area contributed by atoms with Gasteiger partial charge < -0.3 is 16.0 Å². The lowest BCUT2D eigenvalue weighted by Crippen LogP contribution is -2.45. The zero-order chi connectivity index (χ0) is 9.26. The van der Waals surface area contributed by atoms with Crippen LogP contribution in [0.25, 0.3) is 0 Å². The Balaban J connectivity index is 1.79. The highest BCUT2D eigenvalue weighted by Crippen LogP contribution is 2.28. The Hall–Kier alpha value is -0.770. The molecule has 1 saturated carbocycles. The molecule has 1 heterocycles. The summed E-state index contributed by atoms with van der Waals surface area (Å²) in [5.41, 5.74) is 6.00. The molecule has 2 fully saturated rings. The summed E-state index contributed by atoms with van der Waals surface area (Å²) in [5.74, 6) is 0.661. The van der Waals surface area contributed by atoms with Crippen molar-refractivity contribution in [2.24, 2.45) is 11.7 Å². The van der Waals surface area contributed by atoms with Gasteiger partial charge in [-0.05, 0) is 18.8 Å². The molecule has 74 valence electrons. The van der Waals surface area contributed by atoms with Crippen LogP contribution < -0.4 is 11.1 Å². The lowest BCUT2D eigenvalue weighted by atomic mass is 9.80. The molecule has 1 aliphatic carbocycles. The third-order valence-electron chi connectivity index (χ3n) is 3.13. The van der Waals surface area contributed by atoms with Gasteiger partial charge in [-0.3, -0.25) is 0 Å². The second kappa shape index (κ2) is 3.54. The van der Waals surface area contributed by atoms with Crippen LogP contribution in [0, 0.1) is 5.92 Å². The number of nitrogens with zero attached hydrogens (tertiary/aromatic N) is 1. The van der Waals surface area contributed by atoms with Crippen molar-refractivity contribution in [3.05, 3.63) is 0 Å². The molecule has 1 saturated heterocycles. The number of carbonyl (C=O) groups excluding carboxylic acids is 1. The van der Waals surface area contributed by atoms with Gasteiger partial charge in [0, 0.05) is 25.7 Å². The normalized spacial score (nSPS) is 25.6. The molecule has 1 unspecified atom stereocenters. The van der Waals surface area contributed by atoms with Crippen molar-refractivity contribution in [3.8, 4) is 0 Å². The van der Waals surface area contributed by atoms with E-state index in [2.05, 4.69) is 5.32 Å². The van der Waals surface area contributed by atoms with Crippen molar-refractivity contribution in [1.29, 1.82) is 0 Å². The van der Waals surface area contributed by atoms with Gasteiger partial charge in [-0.15, -0.1) is 0 Å². The van der Waals surface area contributed by atoms with E-state index in [4.69, 9.17) is 5.73 Å². The number of urea groups is 1. The van der Waals surface area contributed by atoms with Crippen LogP contribution in [0.3, 0.4) is 0 Å². The van der Waals surface area contributed by atoms with E-state index in [1.807, 2.05) is 4.90 Å². The molecule has 1 aliphatic heterocycles. The highest BCUT2D eigenvalue weighted by molar-refractivity contribution is 5.76. The first-order chi connectivity index (χ1) is 6.27. The highest BCUT2D eigenvalue weighted by Gasteiger charge is 2.28. The number of nitrogens with two attached hydrogens (primary N) is 1. The lowest BCUT2D eigenvalue weighted by Gasteiger charge is -2.33. The summed E-state index contributed by atoms with van der Waals surface area (Å²) in [5, 5.41) is 2.78. The smallest absolute Gasteiger partial charge is 0.317 e. The summed E-state index contributed by atoms with van der Waals surface area (Å²) < 4.78 is 0. The third kappa shape index (κ3) is 1.77. The molecule has 1 atom stereocenters. The zero-order valence-electron chi connectivity index (χ0n) is 7.83. The van der Waals surface area contributed by atoms with Crippen molar-refractivity contribution in [1.82, 2.24) is 10.2 Å². The van der Waals surface area contributed by atoms with Crippen LogP contribution in [0.2, 0.25) is 0 Å². The van der Waals surface area contributed by atoms with Gasteiger partial charge in [0.2, 0.25) is 0 Å². The molecule has 0 spiro atoms. The maximum Gasteiger partial charge on any atom is 0.317 e. The Morgan fingerprint density at radius 1 is 1.62 bits per heavy atom. The molecule has 3 N–H and O–H groups in total. The largest absolute Gasteiger partial charge is 0.336 e. The number of hydrogen-bond donors (Lipinski definition) is 2. The predicted octanol–water partition coefficient (Wildman–Crippen LogP) is 0.139. The van der Waals surface area contributed by atoms with Crippen molar-refractivity contribution in [2.75, 3.05) is 19.6 Å². The molecule has 0 aromatic heterocycles. The van der Waals surface area contributed by atoms with E-state index in [0.717, 1.165) is 19.6 Å². The molecule has 0 bridgehead atoms. The first kappa shape index (κ1) is 8.81. The lowest BCUT2D eigenvalue weighted by molar-refractivity contribution is 0.192. The highest BCUT2D eigenvalue weighted by atomic mass is 16.2. The van der Waals surface area contributed by atoms with Gasteiger partial charge in [0.25, 0.3) is 0 Å². The fourth-order valence-corrected chi connectivity index (χ4v) is 1.96. The van der Waals surface area contributed by atoms with E-state index in [1.165, 1.54) is 19.3 Å². The summed E-state index contributed by atoms with van der Waals surface area (Å²) >= 11 is 0. The second-order valence-corrected chi connectivity index (χ2v) is 4.03. The fourth-order valence-electron chi connectivity index (χ4n) is 1.96. The summed E-state index contributed by atoms with van der Waals surface area (Å²) in [6.07, 6.45) is 3.80. The molecule has 13 heavy (non-hydrogen) atoms. The van der Waals surface area contributed by atoms with Gasteiger partial charge >= 0.3 is 6.03 Å². The van der Waals surface area contributed by atoms with Crippen molar-refractivity contribution in [2.45, 2.75) is 25.3 Å². The molecule has 2 amide bonds. The molecular weight excluding hydrogens is 166 g/mol. The SMILES string of the molecule is NC(CN1CCNC1=O)C1CCC1. The number of carbonyl (C=O) groups is 1. The standard InChI is InChI=1S/C9H17N3O/c10-8(7-2-1-3-7)6-12-5-4-11-9(12)13/h7-8H,1-6,10H2,(H,11,13). The Morgan fingerprint density at radius 2 is 2.38 bits per heavy atom. The third-order valence-corrected chi connectivity index (χ3v) is 3.13. The maximum absolute atomic E-state index is 11.2. The van der Waals surface area contributed by atoms with E-state index in [-0.39, 0.29) is 12.1 Å². The average Bonchev–Trinajstić information content (AvgIpc) is 2.32. The van der Waals surface area contributed by atoms with Gasteiger partial charge in [-0.25, -0.2) is 4.79 Å². The van der Waals surface area contributed by atoms with Crippen LogP contribution in [0.15, 0.2) is 0 Å². The number of nitrogens with one attached hydrogen (secondary N) is 1.